The first-order chi connectivity index (χ1) is 15.8. The monoisotopic (exact) mass is 456 g/mol. The van der Waals surface area contributed by atoms with Gasteiger partial charge in [-0.25, -0.2) is 4.98 Å². The SMILES string of the molecule is CCC[C@H](CC1(C(=O)NC(CC(=O)O)Cc2ncc(-c3ccccc3)o2)CCCC1)C(=O)O. The highest BCUT2D eigenvalue weighted by Gasteiger charge is 2.44. The number of carbonyl (C=O) groups is 3. The standard InChI is InChI=1S/C25H32N2O6/c1-2-8-18(23(30)31)15-25(11-6-7-12-25)24(32)27-19(14-22(28)29)13-21-26-16-20(33-21)17-9-4-3-5-10-17/h3-5,9-10,16,18-19H,2,6-8,11-15H2,1H3,(H,27,32)(H,28,29)(H,30,31)/t18-,19?/m1/s1. The summed E-state index contributed by atoms with van der Waals surface area (Å²) in [5, 5.41) is 21.9. The van der Waals surface area contributed by atoms with Crippen LogP contribution in [-0.2, 0) is 20.8 Å². The maximum Gasteiger partial charge on any atom is 0.306 e. The van der Waals surface area contributed by atoms with Gasteiger partial charge in [0.25, 0.3) is 0 Å². The number of carboxylic acids is 2. The van der Waals surface area contributed by atoms with Crippen LogP contribution in [0.2, 0.25) is 0 Å². The predicted molar refractivity (Wildman–Crippen MR) is 121 cm³/mol. The molecule has 2 aromatic rings. The minimum atomic E-state index is -1.04. The molecular weight excluding hydrogens is 424 g/mol. The number of rotatable bonds is 12. The Balaban J connectivity index is 1.74. The molecule has 33 heavy (non-hydrogen) atoms. The summed E-state index contributed by atoms with van der Waals surface area (Å²) in [6.07, 6.45) is 5.91. The molecule has 8 heteroatoms. The van der Waals surface area contributed by atoms with Gasteiger partial charge in [0.15, 0.2) is 11.7 Å². The zero-order chi connectivity index (χ0) is 23.8. The van der Waals surface area contributed by atoms with Gasteiger partial charge in [-0.2, -0.15) is 0 Å². The topological polar surface area (TPSA) is 130 Å². The zero-order valence-corrected chi connectivity index (χ0v) is 19.0. The van der Waals surface area contributed by atoms with Crippen LogP contribution in [0.5, 0.6) is 0 Å². The summed E-state index contributed by atoms with van der Waals surface area (Å²) in [5.74, 6) is -1.85. The fourth-order valence-corrected chi connectivity index (χ4v) is 4.78. The van der Waals surface area contributed by atoms with E-state index in [1.54, 1.807) is 6.20 Å². The smallest absolute Gasteiger partial charge is 0.306 e. The van der Waals surface area contributed by atoms with Gasteiger partial charge < -0.3 is 19.9 Å². The summed E-state index contributed by atoms with van der Waals surface area (Å²) in [6.45, 7) is 1.93. The largest absolute Gasteiger partial charge is 0.481 e. The van der Waals surface area contributed by atoms with Crippen molar-refractivity contribution in [2.24, 2.45) is 11.3 Å². The van der Waals surface area contributed by atoms with Gasteiger partial charge >= 0.3 is 11.9 Å². The highest BCUT2D eigenvalue weighted by molar-refractivity contribution is 5.84. The Morgan fingerprint density at radius 3 is 2.45 bits per heavy atom. The van der Waals surface area contributed by atoms with E-state index in [1.165, 1.54) is 0 Å². The molecule has 1 aromatic carbocycles. The molecular formula is C25H32N2O6. The van der Waals surface area contributed by atoms with Gasteiger partial charge in [0, 0.05) is 18.0 Å². The Kier molecular flexibility index (Phi) is 8.25. The third-order valence-corrected chi connectivity index (χ3v) is 6.45. The molecule has 1 aliphatic carbocycles. The summed E-state index contributed by atoms with van der Waals surface area (Å²) < 4.78 is 5.81. The van der Waals surface area contributed by atoms with Crippen molar-refractivity contribution < 1.29 is 29.0 Å². The van der Waals surface area contributed by atoms with Crippen molar-refractivity contribution in [2.45, 2.75) is 70.8 Å². The number of aromatic nitrogens is 1. The molecule has 0 aliphatic heterocycles. The molecule has 1 amide bonds. The molecule has 1 saturated carbocycles. The van der Waals surface area contributed by atoms with Crippen molar-refractivity contribution in [2.75, 3.05) is 0 Å². The first-order valence-corrected chi connectivity index (χ1v) is 11.6. The van der Waals surface area contributed by atoms with Gasteiger partial charge in [-0.15, -0.1) is 0 Å². The van der Waals surface area contributed by atoms with Crippen LogP contribution in [0.3, 0.4) is 0 Å². The average Bonchev–Trinajstić information content (AvgIpc) is 3.44. The first kappa shape index (κ1) is 24.5. The van der Waals surface area contributed by atoms with E-state index < -0.39 is 29.3 Å². The van der Waals surface area contributed by atoms with E-state index in [0.717, 1.165) is 24.8 Å². The van der Waals surface area contributed by atoms with Crippen LogP contribution in [0.25, 0.3) is 11.3 Å². The van der Waals surface area contributed by atoms with Gasteiger partial charge in [-0.3, -0.25) is 14.4 Å². The second kappa shape index (κ2) is 11.1. The fourth-order valence-electron chi connectivity index (χ4n) is 4.78. The molecule has 1 heterocycles. The highest BCUT2D eigenvalue weighted by Crippen LogP contribution is 2.44. The molecule has 3 rings (SSSR count). The Morgan fingerprint density at radius 2 is 1.85 bits per heavy atom. The Labute approximate surface area is 193 Å². The summed E-state index contributed by atoms with van der Waals surface area (Å²) >= 11 is 0. The molecule has 0 saturated heterocycles. The van der Waals surface area contributed by atoms with Crippen molar-refractivity contribution in [3.63, 3.8) is 0 Å². The summed E-state index contributed by atoms with van der Waals surface area (Å²) in [5.41, 5.74) is 0.0800. The number of carbonyl (C=O) groups excluding carboxylic acids is 1. The quantitative estimate of drug-likeness (QED) is 0.434. The van der Waals surface area contributed by atoms with E-state index in [4.69, 9.17) is 4.42 Å². The van der Waals surface area contributed by atoms with Gasteiger partial charge in [-0.1, -0.05) is 56.5 Å². The third-order valence-electron chi connectivity index (χ3n) is 6.45. The molecule has 8 nitrogen and oxygen atoms in total. The summed E-state index contributed by atoms with van der Waals surface area (Å²) in [7, 11) is 0. The zero-order valence-electron chi connectivity index (χ0n) is 19.0. The molecule has 1 aromatic heterocycles. The van der Waals surface area contributed by atoms with E-state index in [2.05, 4.69) is 10.3 Å². The van der Waals surface area contributed by atoms with Crippen molar-refractivity contribution in [1.82, 2.24) is 10.3 Å². The maximum absolute atomic E-state index is 13.4. The normalized spacial score (nSPS) is 16.8. The van der Waals surface area contributed by atoms with Crippen molar-refractivity contribution >= 4 is 17.8 Å². The van der Waals surface area contributed by atoms with E-state index in [-0.39, 0.29) is 25.2 Å². The number of hydrogen-bond acceptors (Lipinski definition) is 5. The van der Waals surface area contributed by atoms with Gasteiger partial charge in [-0.05, 0) is 25.7 Å². The molecule has 178 valence electrons. The number of carboxylic acid groups (broad SMARTS) is 2. The van der Waals surface area contributed by atoms with Gasteiger partial charge in [0.1, 0.15) is 0 Å². The van der Waals surface area contributed by atoms with E-state index in [1.807, 2.05) is 37.3 Å². The molecule has 0 spiro atoms. The predicted octanol–water partition coefficient (Wildman–Crippen LogP) is 4.30. The molecule has 0 bridgehead atoms. The lowest BCUT2D eigenvalue weighted by Crippen LogP contribution is -2.47. The number of nitrogens with zero attached hydrogens (tertiary/aromatic N) is 1. The Morgan fingerprint density at radius 1 is 1.15 bits per heavy atom. The molecule has 2 atom stereocenters. The van der Waals surface area contributed by atoms with Gasteiger partial charge in [0.2, 0.25) is 5.91 Å². The van der Waals surface area contributed by atoms with Crippen LogP contribution in [0.15, 0.2) is 40.9 Å². The van der Waals surface area contributed by atoms with Crippen LogP contribution in [-0.4, -0.2) is 39.1 Å². The fraction of sp³-hybridized carbons (Fsp3) is 0.520. The number of amides is 1. The molecule has 1 aliphatic rings. The van der Waals surface area contributed by atoms with E-state index in [9.17, 15) is 24.6 Å². The van der Waals surface area contributed by atoms with E-state index >= 15 is 0 Å². The minimum Gasteiger partial charge on any atom is -0.481 e. The average molecular weight is 457 g/mol. The first-order valence-electron chi connectivity index (χ1n) is 11.6. The summed E-state index contributed by atoms with van der Waals surface area (Å²) in [4.78, 5) is 40.9. The number of nitrogens with one attached hydrogen (secondary N) is 1. The lowest BCUT2D eigenvalue weighted by molar-refractivity contribution is -0.144. The van der Waals surface area contributed by atoms with Crippen molar-refractivity contribution in [3.8, 4) is 11.3 Å². The Hall–Kier alpha value is -3.16. The minimum absolute atomic E-state index is 0.137. The Bertz CT molecular complexity index is 949. The summed E-state index contributed by atoms with van der Waals surface area (Å²) in [6, 6.07) is 8.74. The number of aliphatic carboxylic acids is 2. The van der Waals surface area contributed by atoms with Crippen LogP contribution >= 0.6 is 0 Å². The third kappa shape index (κ3) is 6.43. The van der Waals surface area contributed by atoms with Crippen LogP contribution in [0.4, 0.5) is 0 Å². The number of hydrogen-bond donors (Lipinski definition) is 3. The van der Waals surface area contributed by atoms with Crippen LogP contribution < -0.4 is 5.32 Å². The molecule has 0 radical (unpaired) electrons. The highest BCUT2D eigenvalue weighted by atomic mass is 16.4. The van der Waals surface area contributed by atoms with Crippen LogP contribution in [0.1, 0.15) is 64.2 Å². The lowest BCUT2D eigenvalue weighted by atomic mass is 9.75. The molecule has 3 N–H and O–H groups in total. The van der Waals surface area contributed by atoms with Crippen molar-refractivity contribution in [3.05, 3.63) is 42.4 Å². The molecule has 1 unspecified atom stereocenters. The van der Waals surface area contributed by atoms with E-state index in [0.29, 0.717) is 30.9 Å². The second-order valence-electron chi connectivity index (χ2n) is 8.97. The number of oxazole rings is 1. The van der Waals surface area contributed by atoms with Gasteiger partial charge in [0.05, 0.1) is 24.0 Å². The lowest BCUT2D eigenvalue weighted by Gasteiger charge is -2.32. The van der Waals surface area contributed by atoms with Crippen molar-refractivity contribution in [1.29, 1.82) is 0 Å². The second-order valence-corrected chi connectivity index (χ2v) is 8.97. The van der Waals surface area contributed by atoms with Crippen LogP contribution in [0, 0.1) is 11.3 Å². The maximum atomic E-state index is 13.4. The number of benzene rings is 1. The molecule has 1 fully saturated rings.